The molecule has 104 valence electrons. The van der Waals surface area contributed by atoms with Gasteiger partial charge in [0.2, 0.25) is 10.0 Å². The van der Waals surface area contributed by atoms with Gasteiger partial charge in [0.05, 0.1) is 10.5 Å². The fraction of sp³-hybridized carbons (Fsp3) is 0.417. The van der Waals surface area contributed by atoms with Crippen molar-refractivity contribution in [3.63, 3.8) is 0 Å². The largest absolute Gasteiger partial charge is 0.336 e. The third-order valence-corrected chi connectivity index (χ3v) is 4.26. The summed E-state index contributed by atoms with van der Waals surface area (Å²) in [6.45, 7) is 2.42. The molecule has 19 heavy (non-hydrogen) atoms. The summed E-state index contributed by atoms with van der Waals surface area (Å²) in [5.74, 6) is -1.16. The minimum atomic E-state index is -4.06. The molecule has 0 radical (unpaired) electrons. The number of rotatable bonds is 2. The second-order valence-corrected chi connectivity index (χ2v) is 6.21. The van der Waals surface area contributed by atoms with Gasteiger partial charge in [0.1, 0.15) is 5.82 Å². The van der Waals surface area contributed by atoms with Crippen LogP contribution in [-0.2, 0) is 10.0 Å². The Morgan fingerprint density at radius 2 is 2.16 bits per heavy atom. The molecule has 1 aromatic rings. The van der Waals surface area contributed by atoms with Crippen molar-refractivity contribution < 1.29 is 17.6 Å². The highest BCUT2D eigenvalue weighted by Gasteiger charge is 2.29. The molecule has 1 aliphatic heterocycles. The fourth-order valence-electron chi connectivity index (χ4n) is 2.31. The van der Waals surface area contributed by atoms with Gasteiger partial charge in [0.15, 0.2) is 0 Å². The van der Waals surface area contributed by atoms with E-state index in [0.29, 0.717) is 6.54 Å². The standard InChI is InChI=1S/C12H15FN2O3S/c1-8-3-2-6-15(8)12(16)10-7-9(13)4-5-11(10)19(14,17)18/h4-5,7-8H,2-3,6H2,1H3,(H2,14,17,18). The second-order valence-electron chi connectivity index (χ2n) is 4.68. The zero-order valence-electron chi connectivity index (χ0n) is 10.5. The maximum absolute atomic E-state index is 13.3. The van der Waals surface area contributed by atoms with Crippen LogP contribution < -0.4 is 5.14 Å². The summed E-state index contributed by atoms with van der Waals surface area (Å²) in [7, 11) is -4.06. The summed E-state index contributed by atoms with van der Waals surface area (Å²) in [5, 5.41) is 5.06. The number of hydrogen-bond donors (Lipinski definition) is 1. The van der Waals surface area contributed by atoms with Crippen molar-refractivity contribution in [2.45, 2.75) is 30.7 Å². The SMILES string of the molecule is CC1CCCN1C(=O)c1cc(F)ccc1S(N)(=O)=O. The summed E-state index contributed by atoms with van der Waals surface area (Å²) >= 11 is 0. The number of primary sulfonamides is 1. The van der Waals surface area contributed by atoms with E-state index in [4.69, 9.17) is 5.14 Å². The van der Waals surface area contributed by atoms with Crippen LogP contribution in [0.5, 0.6) is 0 Å². The molecule has 1 amide bonds. The van der Waals surface area contributed by atoms with E-state index in [2.05, 4.69) is 0 Å². The zero-order chi connectivity index (χ0) is 14.2. The molecule has 1 unspecified atom stereocenters. The highest BCUT2D eigenvalue weighted by atomic mass is 32.2. The molecular weight excluding hydrogens is 271 g/mol. The average Bonchev–Trinajstić information content (AvgIpc) is 2.72. The summed E-state index contributed by atoms with van der Waals surface area (Å²) in [4.78, 5) is 13.5. The topological polar surface area (TPSA) is 80.5 Å². The van der Waals surface area contributed by atoms with E-state index < -0.39 is 21.7 Å². The number of amides is 1. The molecule has 0 aromatic heterocycles. The van der Waals surface area contributed by atoms with Crippen LogP contribution in [0.25, 0.3) is 0 Å². The van der Waals surface area contributed by atoms with Crippen LogP contribution in [0.15, 0.2) is 23.1 Å². The average molecular weight is 286 g/mol. The molecule has 1 fully saturated rings. The fourth-order valence-corrected chi connectivity index (χ4v) is 3.02. The van der Waals surface area contributed by atoms with Crippen molar-refractivity contribution in [1.29, 1.82) is 0 Å². The first-order valence-corrected chi connectivity index (χ1v) is 7.48. The minimum Gasteiger partial charge on any atom is -0.336 e. The Kier molecular flexibility index (Phi) is 3.60. The number of halogens is 1. The van der Waals surface area contributed by atoms with Crippen molar-refractivity contribution in [3.8, 4) is 0 Å². The third-order valence-electron chi connectivity index (χ3n) is 3.29. The smallest absolute Gasteiger partial charge is 0.255 e. The van der Waals surface area contributed by atoms with E-state index in [-0.39, 0.29) is 16.5 Å². The lowest BCUT2D eigenvalue weighted by Crippen LogP contribution is -2.35. The van der Waals surface area contributed by atoms with E-state index in [1.807, 2.05) is 6.92 Å². The molecule has 2 N–H and O–H groups in total. The highest BCUT2D eigenvalue weighted by molar-refractivity contribution is 7.89. The predicted molar refractivity (Wildman–Crippen MR) is 67.5 cm³/mol. The van der Waals surface area contributed by atoms with E-state index in [1.54, 1.807) is 4.90 Å². The number of hydrogen-bond acceptors (Lipinski definition) is 3. The molecule has 0 saturated carbocycles. The van der Waals surface area contributed by atoms with Crippen LogP contribution in [0.2, 0.25) is 0 Å². The summed E-state index contributed by atoms with van der Waals surface area (Å²) in [5.41, 5.74) is -0.198. The summed E-state index contributed by atoms with van der Waals surface area (Å²) in [6.07, 6.45) is 1.71. The molecule has 1 heterocycles. The second kappa shape index (κ2) is 4.90. The monoisotopic (exact) mass is 286 g/mol. The molecule has 0 aliphatic carbocycles. The summed E-state index contributed by atoms with van der Waals surface area (Å²) < 4.78 is 36.2. The molecule has 1 saturated heterocycles. The van der Waals surface area contributed by atoms with Gasteiger partial charge in [-0.1, -0.05) is 0 Å². The van der Waals surface area contributed by atoms with E-state index in [9.17, 15) is 17.6 Å². The van der Waals surface area contributed by atoms with E-state index in [1.165, 1.54) is 0 Å². The molecule has 0 bridgehead atoms. The van der Waals surface area contributed by atoms with Crippen molar-refractivity contribution in [2.75, 3.05) is 6.54 Å². The van der Waals surface area contributed by atoms with Crippen LogP contribution in [0.4, 0.5) is 4.39 Å². The van der Waals surface area contributed by atoms with E-state index in [0.717, 1.165) is 31.0 Å². The minimum absolute atomic E-state index is 0.0177. The first-order chi connectivity index (χ1) is 8.80. The number of nitrogens with two attached hydrogens (primary N) is 1. The van der Waals surface area contributed by atoms with Gasteiger partial charge in [-0.25, -0.2) is 17.9 Å². The Balaban J connectivity index is 2.49. The lowest BCUT2D eigenvalue weighted by atomic mass is 10.1. The Hall–Kier alpha value is -1.47. The van der Waals surface area contributed by atoms with Gasteiger partial charge >= 0.3 is 0 Å². The lowest BCUT2D eigenvalue weighted by molar-refractivity contribution is 0.0743. The van der Waals surface area contributed by atoms with Gasteiger partial charge in [-0.3, -0.25) is 4.79 Å². The van der Waals surface area contributed by atoms with Crippen LogP contribution >= 0.6 is 0 Å². The first kappa shape index (κ1) is 14.0. The predicted octanol–water partition coefficient (Wildman–Crippen LogP) is 1.10. The number of likely N-dealkylation sites (tertiary alicyclic amines) is 1. The Bertz CT molecular complexity index is 615. The molecule has 0 spiro atoms. The zero-order valence-corrected chi connectivity index (χ0v) is 11.3. The van der Waals surface area contributed by atoms with Gasteiger partial charge in [0.25, 0.3) is 5.91 Å². The Morgan fingerprint density at radius 1 is 1.47 bits per heavy atom. The van der Waals surface area contributed by atoms with E-state index >= 15 is 0 Å². The third kappa shape index (κ3) is 2.76. The van der Waals surface area contributed by atoms with Crippen molar-refractivity contribution >= 4 is 15.9 Å². The first-order valence-electron chi connectivity index (χ1n) is 5.94. The van der Waals surface area contributed by atoms with Crippen molar-refractivity contribution in [3.05, 3.63) is 29.6 Å². The quantitative estimate of drug-likeness (QED) is 0.884. The Labute approximate surface area is 111 Å². The number of nitrogens with zero attached hydrogens (tertiary/aromatic N) is 1. The number of carbonyl (C=O) groups excluding carboxylic acids is 1. The van der Waals surface area contributed by atoms with Crippen LogP contribution in [0.3, 0.4) is 0 Å². The van der Waals surface area contributed by atoms with Crippen LogP contribution in [-0.4, -0.2) is 31.8 Å². The normalized spacial score (nSPS) is 19.7. The lowest BCUT2D eigenvalue weighted by Gasteiger charge is -2.22. The van der Waals surface area contributed by atoms with Gasteiger partial charge in [-0.15, -0.1) is 0 Å². The molecular formula is C12H15FN2O3S. The maximum Gasteiger partial charge on any atom is 0.255 e. The van der Waals surface area contributed by atoms with Crippen molar-refractivity contribution in [1.82, 2.24) is 4.90 Å². The van der Waals surface area contributed by atoms with Crippen molar-refractivity contribution in [2.24, 2.45) is 5.14 Å². The Morgan fingerprint density at radius 3 is 2.68 bits per heavy atom. The molecule has 1 aliphatic rings. The van der Waals surface area contributed by atoms with Crippen LogP contribution in [0.1, 0.15) is 30.1 Å². The number of carbonyl (C=O) groups is 1. The molecule has 5 nitrogen and oxygen atoms in total. The van der Waals surface area contributed by atoms with Gasteiger partial charge < -0.3 is 4.90 Å². The molecule has 1 atom stereocenters. The molecule has 7 heteroatoms. The number of benzene rings is 1. The van der Waals surface area contributed by atoms with Gasteiger partial charge in [0, 0.05) is 12.6 Å². The maximum atomic E-state index is 13.3. The van der Waals surface area contributed by atoms with Crippen LogP contribution in [0, 0.1) is 5.82 Å². The number of sulfonamides is 1. The van der Waals surface area contributed by atoms with Gasteiger partial charge in [-0.05, 0) is 38.0 Å². The highest BCUT2D eigenvalue weighted by Crippen LogP contribution is 2.23. The summed E-state index contributed by atoms with van der Waals surface area (Å²) in [6, 6.07) is 2.94. The molecule has 1 aromatic carbocycles. The van der Waals surface area contributed by atoms with Gasteiger partial charge in [-0.2, -0.15) is 0 Å². The molecule has 2 rings (SSSR count).